The molecule has 1 rings (SSSR count). The number of rotatable bonds is 5. The van der Waals surface area contributed by atoms with Crippen LogP contribution in [-0.2, 0) is 4.79 Å². The van der Waals surface area contributed by atoms with Gasteiger partial charge in [-0.3, -0.25) is 4.79 Å². The summed E-state index contributed by atoms with van der Waals surface area (Å²) in [5, 5.41) is 11.1. The van der Waals surface area contributed by atoms with Crippen molar-refractivity contribution in [2.45, 2.75) is 13.3 Å². The number of hydrogen-bond donors (Lipinski definition) is 2. The molecular formula is C12H14ClFN2O3. The largest absolute Gasteiger partial charge is 0.480 e. The van der Waals surface area contributed by atoms with Crippen LogP contribution in [0.25, 0.3) is 0 Å². The van der Waals surface area contributed by atoms with Crippen molar-refractivity contribution in [3.05, 3.63) is 29.0 Å². The van der Waals surface area contributed by atoms with Gasteiger partial charge in [-0.25, -0.2) is 9.18 Å². The van der Waals surface area contributed by atoms with Gasteiger partial charge in [0.25, 0.3) is 0 Å². The van der Waals surface area contributed by atoms with E-state index in [2.05, 4.69) is 5.32 Å². The molecule has 0 aliphatic heterocycles. The van der Waals surface area contributed by atoms with Crippen LogP contribution in [-0.4, -0.2) is 35.1 Å². The normalized spacial score (nSPS) is 10.1. The van der Waals surface area contributed by atoms with Crippen LogP contribution in [0.15, 0.2) is 18.2 Å². The third-order valence-corrected chi connectivity index (χ3v) is 2.58. The number of benzene rings is 1. The first-order chi connectivity index (χ1) is 8.93. The molecule has 104 valence electrons. The maximum atomic E-state index is 13.2. The Kier molecular flexibility index (Phi) is 5.57. The van der Waals surface area contributed by atoms with Crippen LogP contribution in [0.5, 0.6) is 0 Å². The smallest absolute Gasteiger partial charge is 0.323 e. The van der Waals surface area contributed by atoms with Crippen molar-refractivity contribution in [2.75, 3.05) is 18.4 Å². The molecule has 0 bridgehead atoms. The number of amides is 2. The Morgan fingerprint density at radius 1 is 1.47 bits per heavy atom. The summed E-state index contributed by atoms with van der Waals surface area (Å²) >= 11 is 5.52. The maximum absolute atomic E-state index is 13.2. The number of carbonyl (C=O) groups excluding carboxylic acids is 1. The van der Waals surface area contributed by atoms with Gasteiger partial charge in [0.1, 0.15) is 12.4 Å². The number of carbonyl (C=O) groups is 2. The summed E-state index contributed by atoms with van der Waals surface area (Å²) in [6.07, 6.45) is 0.621. The van der Waals surface area contributed by atoms with Crippen molar-refractivity contribution in [2.24, 2.45) is 0 Å². The lowest BCUT2D eigenvalue weighted by molar-refractivity contribution is -0.137. The van der Waals surface area contributed by atoms with Crippen molar-refractivity contribution in [3.8, 4) is 0 Å². The van der Waals surface area contributed by atoms with E-state index in [1.54, 1.807) is 0 Å². The van der Waals surface area contributed by atoms with E-state index in [4.69, 9.17) is 16.7 Å². The van der Waals surface area contributed by atoms with Gasteiger partial charge in [-0.1, -0.05) is 18.5 Å². The van der Waals surface area contributed by atoms with E-state index >= 15 is 0 Å². The summed E-state index contributed by atoms with van der Waals surface area (Å²) in [5.74, 6) is -1.76. The average molecular weight is 289 g/mol. The Labute approximate surface area is 115 Å². The van der Waals surface area contributed by atoms with Gasteiger partial charge in [-0.05, 0) is 24.6 Å². The standard InChI is InChI=1S/C12H14ClFN2O3/c1-2-5-16(7-11(17)18)12(19)15-8-3-4-9(13)10(14)6-8/h3-4,6H,2,5,7H2,1H3,(H,15,19)(H,17,18). The number of urea groups is 1. The molecule has 0 atom stereocenters. The molecule has 5 nitrogen and oxygen atoms in total. The zero-order valence-electron chi connectivity index (χ0n) is 10.3. The highest BCUT2D eigenvalue weighted by Crippen LogP contribution is 2.18. The van der Waals surface area contributed by atoms with E-state index in [0.717, 1.165) is 11.0 Å². The minimum absolute atomic E-state index is 0.0473. The first-order valence-corrected chi connectivity index (χ1v) is 6.04. The molecule has 0 spiro atoms. The highest BCUT2D eigenvalue weighted by Gasteiger charge is 2.16. The lowest BCUT2D eigenvalue weighted by atomic mass is 10.3. The molecule has 0 saturated heterocycles. The molecule has 0 aromatic heterocycles. The first-order valence-electron chi connectivity index (χ1n) is 5.66. The van der Waals surface area contributed by atoms with Crippen molar-refractivity contribution in [1.29, 1.82) is 0 Å². The van der Waals surface area contributed by atoms with E-state index in [0.29, 0.717) is 13.0 Å². The molecule has 2 N–H and O–H groups in total. The van der Waals surface area contributed by atoms with Crippen LogP contribution in [0.2, 0.25) is 5.02 Å². The number of anilines is 1. The Bertz CT molecular complexity index is 482. The second-order valence-electron chi connectivity index (χ2n) is 3.87. The Balaban J connectivity index is 2.74. The minimum atomic E-state index is -1.11. The van der Waals surface area contributed by atoms with Crippen LogP contribution in [0, 0.1) is 5.82 Å². The number of nitrogens with one attached hydrogen (secondary N) is 1. The molecule has 0 heterocycles. The number of carboxylic acids is 1. The second kappa shape index (κ2) is 6.94. The maximum Gasteiger partial charge on any atom is 0.323 e. The molecule has 1 aromatic rings. The third-order valence-electron chi connectivity index (χ3n) is 2.28. The Hall–Kier alpha value is -1.82. The van der Waals surface area contributed by atoms with Gasteiger partial charge in [0.2, 0.25) is 0 Å². The third kappa shape index (κ3) is 4.75. The van der Waals surface area contributed by atoms with Gasteiger partial charge in [-0.15, -0.1) is 0 Å². The lowest BCUT2D eigenvalue weighted by Gasteiger charge is -2.20. The quantitative estimate of drug-likeness (QED) is 0.875. The number of aliphatic carboxylic acids is 1. The Morgan fingerprint density at radius 3 is 2.68 bits per heavy atom. The van der Waals surface area contributed by atoms with Crippen LogP contribution >= 0.6 is 11.6 Å². The fourth-order valence-electron chi connectivity index (χ4n) is 1.46. The molecule has 0 saturated carbocycles. The van der Waals surface area contributed by atoms with Gasteiger partial charge in [-0.2, -0.15) is 0 Å². The van der Waals surface area contributed by atoms with Crippen molar-refractivity contribution < 1.29 is 19.1 Å². The second-order valence-corrected chi connectivity index (χ2v) is 4.28. The fourth-order valence-corrected chi connectivity index (χ4v) is 1.58. The van der Waals surface area contributed by atoms with Crippen molar-refractivity contribution in [1.82, 2.24) is 4.90 Å². The van der Waals surface area contributed by atoms with Crippen LogP contribution in [0.4, 0.5) is 14.9 Å². The van der Waals surface area contributed by atoms with Gasteiger partial charge in [0, 0.05) is 12.2 Å². The molecule has 0 radical (unpaired) electrons. The monoisotopic (exact) mass is 288 g/mol. The van der Waals surface area contributed by atoms with Crippen molar-refractivity contribution in [3.63, 3.8) is 0 Å². The predicted molar refractivity (Wildman–Crippen MR) is 69.9 cm³/mol. The Morgan fingerprint density at radius 2 is 2.16 bits per heavy atom. The molecule has 19 heavy (non-hydrogen) atoms. The zero-order chi connectivity index (χ0) is 14.4. The van der Waals surface area contributed by atoms with E-state index < -0.39 is 24.4 Å². The molecule has 0 fully saturated rings. The van der Waals surface area contributed by atoms with E-state index in [-0.39, 0.29) is 10.7 Å². The summed E-state index contributed by atoms with van der Waals surface area (Å²) in [4.78, 5) is 23.6. The summed E-state index contributed by atoms with van der Waals surface area (Å²) in [5.41, 5.74) is 0.221. The predicted octanol–water partition coefficient (Wildman–Crippen LogP) is 2.81. The highest BCUT2D eigenvalue weighted by molar-refractivity contribution is 6.30. The van der Waals surface area contributed by atoms with Gasteiger partial charge >= 0.3 is 12.0 Å². The van der Waals surface area contributed by atoms with Gasteiger partial charge in [0.15, 0.2) is 0 Å². The molecular weight excluding hydrogens is 275 g/mol. The average Bonchev–Trinajstić information content (AvgIpc) is 2.33. The van der Waals surface area contributed by atoms with Crippen LogP contribution in [0.3, 0.4) is 0 Å². The summed E-state index contributed by atoms with van der Waals surface area (Å²) in [7, 11) is 0. The molecule has 7 heteroatoms. The first kappa shape index (κ1) is 15.2. The highest BCUT2D eigenvalue weighted by atomic mass is 35.5. The number of carboxylic acid groups (broad SMARTS) is 1. The van der Waals surface area contributed by atoms with Crippen LogP contribution < -0.4 is 5.32 Å². The fraction of sp³-hybridized carbons (Fsp3) is 0.333. The van der Waals surface area contributed by atoms with Crippen LogP contribution in [0.1, 0.15) is 13.3 Å². The SMILES string of the molecule is CCCN(CC(=O)O)C(=O)Nc1ccc(Cl)c(F)c1. The van der Waals surface area contributed by atoms with Gasteiger partial charge in [0.05, 0.1) is 5.02 Å². The number of nitrogens with zero attached hydrogens (tertiary/aromatic N) is 1. The number of halogens is 2. The van der Waals surface area contributed by atoms with E-state index in [1.165, 1.54) is 12.1 Å². The summed E-state index contributed by atoms with van der Waals surface area (Å²) in [6.45, 7) is 1.72. The van der Waals surface area contributed by atoms with E-state index in [1.807, 2.05) is 6.92 Å². The number of hydrogen-bond acceptors (Lipinski definition) is 2. The molecule has 0 unspecified atom stereocenters. The molecule has 0 aliphatic carbocycles. The van der Waals surface area contributed by atoms with Crippen molar-refractivity contribution >= 4 is 29.3 Å². The zero-order valence-corrected chi connectivity index (χ0v) is 11.1. The summed E-state index contributed by atoms with van der Waals surface area (Å²) in [6, 6.07) is 3.23. The molecule has 1 aromatic carbocycles. The molecule has 0 aliphatic rings. The van der Waals surface area contributed by atoms with E-state index in [9.17, 15) is 14.0 Å². The van der Waals surface area contributed by atoms with Gasteiger partial charge < -0.3 is 15.3 Å². The molecule has 2 amide bonds. The minimum Gasteiger partial charge on any atom is -0.480 e. The lowest BCUT2D eigenvalue weighted by Crippen LogP contribution is -2.39. The topological polar surface area (TPSA) is 69.6 Å². The summed E-state index contributed by atoms with van der Waals surface area (Å²) < 4.78 is 13.2.